The van der Waals surface area contributed by atoms with E-state index in [2.05, 4.69) is 4.98 Å². The summed E-state index contributed by atoms with van der Waals surface area (Å²) in [5.74, 6) is 0.749. The number of ketones is 1. The Balaban J connectivity index is 2.14. The molecule has 6 heteroatoms. The lowest BCUT2D eigenvalue weighted by Gasteiger charge is -2.11. The Morgan fingerprint density at radius 1 is 0.917 bits per heavy atom. The van der Waals surface area contributed by atoms with Crippen LogP contribution >= 0.6 is 11.6 Å². The molecule has 0 spiro atoms. The van der Waals surface area contributed by atoms with Gasteiger partial charge in [0.15, 0.2) is 17.3 Å². The number of nitrogens with one attached hydrogen (secondary N) is 1. The molecule has 4 rings (SSSR count). The second kappa shape index (κ2) is 5.11. The van der Waals surface area contributed by atoms with Crippen LogP contribution in [0.2, 0.25) is 5.02 Å². The van der Waals surface area contributed by atoms with E-state index in [4.69, 9.17) is 21.1 Å². The maximum atomic E-state index is 12.9. The first-order valence-electron chi connectivity index (χ1n) is 7.21. The molecule has 1 aliphatic carbocycles. The third-order valence-electron chi connectivity index (χ3n) is 4.24. The summed E-state index contributed by atoms with van der Waals surface area (Å²) >= 11 is 6.00. The SMILES string of the molecule is COc1cc2[nH]c(=O)c3c(c2cc1OC)C(=O)c1cc(Cl)ccc1-3. The van der Waals surface area contributed by atoms with Gasteiger partial charge in [-0.1, -0.05) is 17.7 Å². The number of methoxy groups -OCH3 is 2. The van der Waals surface area contributed by atoms with Gasteiger partial charge in [-0.2, -0.15) is 0 Å². The Labute approximate surface area is 141 Å². The minimum atomic E-state index is -0.320. The highest BCUT2D eigenvalue weighted by molar-refractivity contribution is 6.33. The van der Waals surface area contributed by atoms with E-state index in [1.165, 1.54) is 14.2 Å². The van der Waals surface area contributed by atoms with Gasteiger partial charge in [0.2, 0.25) is 0 Å². The third-order valence-corrected chi connectivity index (χ3v) is 4.48. The number of halogens is 1. The van der Waals surface area contributed by atoms with Crippen molar-refractivity contribution in [1.29, 1.82) is 0 Å². The van der Waals surface area contributed by atoms with Crippen molar-refractivity contribution >= 4 is 28.3 Å². The largest absolute Gasteiger partial charge is 0.493 e. The van der Waals surface area contributed by atoms with Gasteiger partial charge in [-0.3, -0.25) is 9.59 Å². The first-order chi connectivity index (χ1) is 11.5. The van der Waals surface area contributed by atoms with Crippen LogP contribution in [-0.2, 0) is 0 Å². The van der Waals surface area contributed by atoms with E-state index in [-0.39, 0.29) is 11.3 Å². The van der Waals surface area contributed by atoms with Gasteiger partial charge < -0.3 is 14.5 Å². The van der Waals surface area contributed by atoms with Gasteiger partial charge in [-0.25, -0.2) is 0 Å². The number of hydrogen-bond acceptors (Lipinski definition) is 4. The number of fused-ring (bicyclic) bond motifs is 5. The van der Waals surface area contributed by atoms with Crippen molar-refractivity contribution in [2.75, 3.05) is 14.2 Å². The van der Waals surface area contributed by atoms with Crippen LogP contribution in [0.25, 0.3) is 22.0 Å². The highest BCUT2D eigenvalue weighted by Gasteiger charge is 2.32. The zero-order valence-electron chi connectivity index (χ0n) is 12.9. The van der Waals surface area contributed by atoms with Gasteiger partial charge >= 0.3 is 0 Å². The summed E-state index contributed by atoms with van der Waals surface area (Å²) in [6.45, 7) is 0. The molecule has 0 fully saturated rings. The van der Waals surface area contributed by atoms with Crippen LogP contribution in [0.15, 0.2) is 35.1 Å². The molecule has 120 valence electrons. The number of carbonyl (C=O) groups excluding carboxylic acids is 1. The molecule has 0 saturated heterocycles. The molecule has 1 N–H and O–H groups in total. The second-order valence-corrected chi connectivity index (χ2v) is 5.91. The van der Waals surface area contributed by atoms with Crippen molar-refractivity contribution in [2.45, 2.75) is 0 Å². The number of carbonyl (C=O) groups is 1. The normalized spacial score (nSPS) is 12.2. The predicted molar refractivity (Wildman–Crippen MR) is 91.6 cm³/mol. The summed E-state index contributed by atoms with van der Waals surface area (Å²) in [6, 6.07) is 8.31. The molecule has 0 amide bonds. The number of pyridine rings is 1. The van der Waals surface area contributed by atoms with Gasteiger partial charge in [0.1, 0.15) is 0 Å². The van der Waals surface area contributed by atoms with Crippen molar-refractivity contribution in [1.82, 2.24) is 4.98 Å². The lowest BCUT2D eigenvalue weighted by atomic mass is 10.0. The number of aromatic amines is 1. The summed E-state index contributed by atoms with van der Waals surface area (Å²) in [7, 11) is 3.03. The average Bonchev–Trinajstić information content (AvgIpc) is 2.87. The molecule has 0 bridgehead atoms. The molecule has 0 radical (unpaired) electrons. The number of ether oxygens (including phenoxy) is 2. The molecule has 24 heavy (non-hydrogen) atoms. The van der Waals surface area contributed by atoms with E-state index < -0.39 is 0 Å². The molecular formula is C18H12ClNO4. The van der Waals surface area contributed by atoms with Gasteiger partial charge in [-0.05, 0) is 23.8 Å². The first kappa shape index (κ1) is 14.8. The minimum absolute atomic E-state index is 0.217. The van der Waals surface area contributed by atoms with Gasteiger partial charge in [0.25, 0.3) is 5.56 Å². The molecule has 0 unspecified atom stereocenters. The Kier molecular flexibility index (Phi) is 3.15. The van der Waals surface area contributed by atoms with Crippen molar-refractivity contribution < 1.29 is 14.3 Å². The number of aromatic nitrogens is 1. The van der Waals surface area contributed by atoms with Crippen LogP contribution < -0.4 is 15.0 Å². The van der Waals surface area contributed by atoms with Crippen molar-refractivity contribution in [2.24, 2.45) is 0 Å². The van der Waals surface area contributed by atoms with Crippen LogP contribution in [0, 0.1) is 0 Å². The van der Waals surface area contributed by atoms with Crippen molar-refractivity contribution in [3.8, 4) is 22.6 Å². The molecule has 1 aliphatic rings. The topological polar surface area (TPSA) is 68.4 Å². The number of rotatable bonds is 2. The van der Waals surface area contributed by atoms with E-state index in [1.807, 2.05) is 0 Å². The molecule has 0 atom stereocenters. The van der Waals surface area contributed by atoms with Crippen LogP contribution in [0.3, 0.4) is 0 Å². The van der Waals surface area contributed by atoms with E-state index in [0.29, 0.717) is 49.7 Å². The summed E-state index contributed by atoms with van der Waals surface area (Å²) in [6.07, 6.45) is 0. The smallest absolute Gasteiger partial charge is 0.257 e. The van der Waals surface area contributed by atoms with Crippen LogP contribution in [0.1, 0.15) is 15.9 Å². The highest BCUT2D eigenvalue weighted by atomic mass is 35.5. The van der Waals surface area contributed by atoms with Crippen LogP contribution in [0.4, 0.5) is 0 Å². The maximum absolute atomic E-state index is 12.9. The molecule has 0 aliphatic heterocycles. The predicted octanol–water partition coefficient (Wildman–Crippen LogP) is 3.41. The summed E-state index contributed by atoms with van der Waals surface area (Å²) in [5.41, 5.74) is 1.96. The van der Waals surface area contributed by atoms with Gasteiger partial charge in [0, 0.05) is 27.6 Å². The van der Waals surface area contributed by atoms with E-state index in [9.17, 15) is 9.59 Å². The number of H-pyrrole nitrogens is 1. The molecule has 0 saturated carbocycles. The third kappa shape index (κ3) is 1.88. The first-order valence-corrected chi connectivity index (χ1v) is 7.59. The standard InChI is InChI=1S/C18H12ClNO4/c1-23-13-6-11-12(7-14(13)24-2)20-18(22)16-9-4-3-8(19)5-10(9)17(21)15(11)16/h3-7H,1-2H3,(H,20,22). The van der Waals surface area contributed by atoms with Crippen molar-refractivity contribution in [3.63, 3.8) is 0 Å². The lowest BCUT2D eigenvalue weighted by molar-refractivity contribution is 0.104. The fourth-order valence-corrected chi connectivity index (χ4v) is 3.34. The summed E-state index contributed by atoms with van der Waals surface area (Å²) < 4.78 is 10.6. The van der Waals surface area contributed by atoms with Crippen LogP contribution in [-0.4, -0.2) is 25.0 Å². The molecule has 2 aromatic carbocycles. The van der Waals surface area contributed by atoms with Gasteiger partial charge in [-0.15, -0.1) is 0 Å². The molecular weight excluding hydrogens is 330 g/mol. The minimum Gasteiger partial charge on any atom is -0.493 e. The Hall–Kier alpha value is -2.79. The fraction of sp³-hybridized carbons (Fsp3) is 0.111. The van der Waals surface area contributed by atoms with E-state index >= 15 is 0 Å². The second-order valence-electron chi connectivity index (χ2n) is 5.48. The summed E-state index contributed by atoms with van der Waals surface area (Å²) in [5, 5.41) is 1.06. The monoisotopic (exact) mass is 341 g/mol. The van der Waals surface area contributed by atoms with Gasteiger partial charge in [0.05, 0.1) is 25.3 Å². The average molecular weight is 342 g/mol. The van der Waals surface area contributed by atoms with Crippen LogP contribution in [0.5, 0.6) is 11.5 Å². The highest BCUT2D eigenvalue weighted by Crippen LogP contribution is 2.41. The van der Waals surface area contributed by atoms with E-state index in [0.717, 1.165) is 0 Å². The molecule has 5 nitrogen and oxygen atoms in total. The zero-order valence-corrected chi connectivity index (χ0v) is 13.7. The lowest BCUT2D eigenvalue weighted by Crippen LogP contribution is -2.11. The molecule has 3 aromatic rings. The molecule has 1 aromatic heterocycles. The van der Waals surface area contributed by atoms with Crippen molar-refractivity contribution in [3.05, 3.63) is 56.8 Å². The number of hydrogen-bond donors (Lipinski definition) is 1. The Morgan fingerprint density at radius 2 is 1.62 bits per heavy atom. The maximum Gasteiger partial charge on any atom is 0.257 e. The fourth-order valence-electron chi connectivity index (χ4n) is 3.17. The zero-order chi connectivity index (χ0) is 17.0. The quantitative estimate of drug-likeness (QED) is 0.606. The number of benzene rings is 2. The Bertz CT molecular complexity index is 1080. The summed E-state index contributed by atoms with van der Waals surface area (Å²) in [4.78, 5) is 28.3. The van der Waals surface area contributed by atoms with E-state index in [1.54, 1.807) is 30.3 Å². The Morgan fingerprint density at radius 3 is 2.33 bits per heavy atom. The molecule has 1 heterocycles.